The van der Waals surface area contributed by atoms with Crippen LogP contribution in [0.3, 0.4) is 0 Å². The highest BCUT2D eigenvalue weighted by Gasteiger charge is 2.37. The second kappa shape index (κ2) is 44.9. The van der Waals surface area contributed by atoms with Crippen molar-refractivity contribution in [3.05, 3.63) is 510 Å². The van der Waals surface area contributed by atoms with Crippen molar-refractivity contribution in [1.82, 2.24) is 0 Å². The Labute approximate surface area is 796 Å². The molecule has 0 amide bonds. The molecule has 1 aliphatic carbocycles. The Balaban J connectivity index is 0.000000130. The highest BCUT2D eigenvalue weighted by Crippen LogP contribution is 2.41. The van der Waals surface area contributed by atoms with E-state index in [9.17, 15) is 33.7 Å². The third-order valence-corrected chi connectivity index (χ3v) is 41.6. The summed E-state index contributed by atoms with van der Waals surface area (Å²) in [6.07, 6.45) is 4.79. The largest absolute Gasteiger partial charge is 0.223 e. The van der Waals surface area contributed by atoms with Crippen molar-refractivity contribution in [2.45, 2.75) is 155 Å². The van der Waals surface area contributed by atoms with Crippen LogP contribution >= 0.6 is 11.8 Å². The van der Waals surface area contributed by atoms with Crippen LogP contribution in [0.4, 0.5) is 0 Å². The van der Waals surface area contributed by atoms with Crippen molar-refractivity contribution >= 4 is 106 Å². The second-order valence-corrected chi connectivity index (χ2v) is 49.9. The van der Waals surface area contributed by atoms with Gasteiger partial charge in [0.15, 0.2) is 83.3 Å². The Morgan fingerprint density at radius 2 is 0.303 bits per heavy atom. The molecule has 0 spiro atoms. The molecule has 18 aromatic carbocycles. The van der Waals surface area contributed by atoms with E-state index in [1.165, 1.54) is 58.7 Å². The zero-order chi connectivity index (χ0) is 91.0. The molecule has 654 valence electrons. The van der Waals surface area contributed by atoms with Crippen molar-refractivity contribution in [2.75, 3.05) is 0 Å². The van der Waals surface area contributed by atoms with Crippen LogP contribution in [0.1, 0.15) is 32.1 Å². The average molecular weight is 1910 g/mol. The van der Waals surface area contributed by atoms with Gasteiger partial charge in [0, 0.05) is 9.79 Å². The minimum Gasteiger partial charge on any atom is -0.223 e. The van der Waals surface area contributed by atoms with Crippen LogP contribution in [0.5, 0.6) is 0 Å². The summed E-state index contributed by atoms with van der Waals surface area (Å²) < 4.78 is 104. The topological polar surface area (TPSA) is 137 Å². The zero-order valence-corrected chi connectivity index (χ0v) is 80.1. The van der Waals surface area contributed by atoms with E-state index in [4.69, 9.17) is 0 Å². The molecular formula is C114H95O8S10+5. The van der Waals surface area contributed by atoms with Gasteiger partial charge in [-0.15, -0.1) is 0 Å². The molecule has 19 rings (SSSR count). The van der Waals surface area contributed by atoms with E-state index >= 15 is 0 Å². The summed E-state index contributed by atoms with van der Waals surface area (Å²) in [6, 6.07) is 167. The maximum Gasteiger partial charge on any atom is 0.206 e. The lowest BCUT2D eigenvalue weighted by Crippen LogP contribution is -2.24. The lowest BCUT2D eigenvalue weighted by Gasteiger charge is -2.21. The first-order valence-corrected chi connectivity index (χ1v) is 56.1. The van der Waals surface area contributed by atoms with Gasteiger partial charge in [0.2, 0.25) is 29.5 Å². The third kappa shape index (κ3) is 23.1. The van der Waals surface area contributed by atoms with Crippen LogP contribution in [0.15, 0.2) is 627 Å². The Morgan fingerprint density at radius 3 is 0.485 bits per heavy atom. The Kier molecular flexibility index (Phi) is 31.6. The molecule has 132 heavy (non-hydrogen) atoms. The van der Waals surface area contributed by atoms with E-state index in [2.05, 4.69) is 243 Å². The molecule has 0 heterocycles. The molecule has 18 heteroatoms. The Hall–Kier alpha value is -12.1. The summed E-state index contributed by atoms with van der Waals surface area (Å²) in [4.78, 5) is 22.6. The molecule has 0 atom stereocenters. The number of hydrogen-bond donors (Lipinski definition) is 0. The highest BCUT2D eigenvalue weighted by molar-refractivity contribution is 8.00. The molecule has 1 fully saturated rings. The van der Waals surface area contributed by atoms with Gasteiger partial charge >= 0.3 is 0 Å². The van der Waals surface area contributed by atoms with E-state index in [0.717, 1.165) is 56.6 Å². The monoisotopic (exact) mass is 1910 g/mol. The van der Waals surface area contributed by atoms with E-state index in [1.807, 2.05) is 157 Å². The maximum atomic E-state index is 13.0. The highest BCUT2D eigenvalue weighted by atomic mass is 32.2. The first-order valence-electron chi connectivity index (χ1n) is 43.1. The van der Waals surface area contributed by atoms with Crippen LogP contribution in [0.25, 0.3) is 0 Å². The van der Waals surface area contributed by atoms with Crippen molar-refractivity contribution in [2.24, 2.45) is 0 Å². The molecule has 8 nitrogen and oxygen atoms in total. The standard InChI is InChI=1S/C36H28S3.C30H23O4S3.C24H25O2S2.C24H19O2S2/c1-5-13-31(14-6-1)38(32-15-7-2-8-16-32)35-25-21-29(22-26-35)37-30-23-27-36(28-24-30)39(33-17-9-3-10-18-33)34-19-11-4-12-20-34;31-36(32,27-12-6-2-7-13-27)29-20-16-25(17-21-29)35(24-10-4-1-5-11-24)26-18-22-30(23-19-26)37(33,34)28-14-8-3-9-15-28;2*25-28(26,23-14-8-3-9-15-23)24-18-16-22(17-19-24)27(20-10-4-1-5-11-20)21-12-6-2-7-13-21/h1-28H;1-23H;1-2,4-7,10-13,16-19,23H,3,8-9,14-15H2;1-19H/q+2;3*+1. The number of benzene rings is 18. The Bertz CT molecular complexity index is 6760. The van der Waals surface area contributed by atoms with Gasteiger partial charge in [-0.2, -0.15) is 0 Å². The molecule has 0 N–H and O–H groups in total. The fourth-order valence-electron chi connectivity index (χ4n) is 15.3. The SMILES string of the molecule is O=S(=O)(c1ccc([S+](c2ccccc2)c2ccccc2)cc1)C1CCCCC1.O=S(=O)(c1ccccc1)c1ccc([S+](c2ccccc2)c2ccc(S(=O)(=O)c3ccccc3)cc2)cc1.O=S(=O)(c1ccccc1)c1ccc([S+](c2ccccc2)c2ccccc2)cc1.c1ccc([S+](c2ccccc2)c2ccc(Sc3ccc([S+](c4ccccc4)c4ccccc4)cc3)cc2)cc1. The lowest BCUT2D eigenvalue weighted by molar-refractivity contribution is 0.483. The van der Waals surface area contributed by atoms with Crippen LogP contribution in [-0.4, -0.2) is 38.9 Å². The molecule has 0 radical (unpaired) electrons. The van der Waals surface area contributed by atoms with Gasteiger partial charge in [-0.05, 0) is 304 Å². The molecule has 0 saturated heterocycles. The molecule has 18 aromatic rings. The summed E-state index contributed by atoms with van der Waals surface area (Å²) in [7, 11) is -15.3. The summed E-state index contributed by atoms with van der Waals surface area (Å²) in [5, 5.41) is -0.214. The van der Waals surface area contributed by atoms with Gasteiger partial charge in [-0.25, -0.2) is 33.7 Å². The summed E-state index contributed by atoms with van der Waals surface area (Å²) >= 11 is 1.82. The van der Waals surface area contributed by atoms with E-state index < -0.39 is 50.2 Å². The van der Waals surface area contributed by atoms with Crippen molar-refractivity contribution < 1.29 is 33.7 Å². The third-order valence-electron chi connectivity index (χ3n) is 21.8. The molecule has 1 aliphatic rings. The molecule has 0 unspecified atom stereocenters. The molecule has 0 aromatic heterocycles. The average Bonchev–Trinajstić information content (AvgIpc) is 0.785. The fourth-order valence-corrected chi connectivity index (χ4v) is 32.2. The molecule has 1 saturated carbocycles. The van der Waals surface area contributed by atoms with E-state index in [-0.39, 0.29) is 68.4 Å². The number of hydrogen-bond acceptors (Lipinski definition) is 9. The van der Waals surface area contributed by atoms with Gasteiger partial charge in [0.25, 0.3) is 0 Å². The van der Waals surface area contributed by atoms with Crippen LogP contribution in [-0.2, 0) is 93.8 Å². The van der Waals surface area contributed by atoms with Crippen molar-refractivity contribution in [3.8, 4) is 0 Å². The minimum absolute atomic E-state index is 0.123. The molecule has 0 aliphatic heterocycles. The number of sulfone groups is 4. The maximum absolute atomic E-state index is 13.0. The van der Waals surface area contributed by atoms with Gasteiger partial charge in [-0.3, -0.25) is 0 Å². The summed E-state index contributed by atoms with van der Waals surface area (Å²) in [5.41, 5.74) is 0. The predicted molar refractivity (Wildman–Crippen MR) is 541 cm³/mol. The summed E-state index contributed by atoms with van der Waals surface area (Å²) in [6.45, 7) is 0. The van der Waals surface area contributed by atoms with Gasteiger partial charge < -0.3 is 0 Å². The van der Waals surface area contributed by atoms with Crippen molar-refractivity contribution in [3.63, 3.8) is 0 Å². The first kappa shape index (κ1) is 93.1. The van der Waals surface area contributed by atoms with Crippen LogP contribution in [0, 0.1) is 0 Å². The number of rotatable bonds is 25. The van der Waals surface area contributed by atoms with E-state index in [1.54, 1.807) is 121 Å². The smallest absolute Gasteiger partial charge is 0.206 e. The fraction of sp³-hybridized carbons (Fsp3) is 0.0526. The predicted octanol–water partition coefficient (Wildman–Crippen LogP) is 28.0. The van der Waals surface area contributed by atoms with Crippen LogP contribution in [0.2, 0.25) is 0 Å². The lowest BCUT2D eigenvalue weighted by atomic mass is 10.0. The molecular weight excluding hydrogens is 1820 g/mol. The zero-order valence-electron chi connectivity index (χ0n) is 72.0. The normalized spacial score (nSPS) is 12.4. The van der Waals surface area contributed by atoms with Gasteiger partial charge in [-0.1, -0.05) is 249 Å². The van der Waals surface area contributed by atoms with Crippen LogP contribution < -0.4 is 0 Å². The Morgan fingerprint density at radius 1 is 0.159 bits per heavy atom. The second-order valence-electron chi connectivity index (χ2n) is 30.5. The van der Waals surface area contributed by atoms with E-state index in [0.29, 0.717) is 14.7 Å². The summed E-state index contributed by atoms with van der Waals surface area (Å²) in [5.74, 6) is 0. The first-order chi connectivity index (χ1) is 64.5. The quantitative estimate of drug-likeness (QED) is 0.0512. The van der Waals surface area contributed by atoms with Gasteiger partial charge in [0.05, 0.1) is 94.0 Å². The van der Waals surface area contributed by atoms with Gasteiger partial charge in [0.1, 0.15) is 0 Å². The van der Waals surface area contributed by atoms with Crippen molar-refractivity contribution in [1.29, 1.82) is 0 Å². The minimum atomic E-state index is -3.62. The molecule has 0 bridgehead atoms.